The third-order valence-electron chi connectivity index (χ3n) is 2.38. The standard InChI is InChI=1S/C12H16O4/c1-8(13)2-3-9-4-6-10(7-5-9)11(14)12(15)16/h4-8,11,13-14H,2-3H2,1H3,(H,15,16). The molecule has 0 aliphatic carbocycles. The predicted molar refractivity (Wildman–Crippen MR) is 59.0 cm³/mol. The zero-order chi connectivity index (χ0) is 12.1. The van der Waals surface area contributed by atoms with Crippen molar-refractivity contribution >= 4 is 5.97 Å². The lowest BCUT2D eigenvalue weighted by atomic mass is 10.0. The summed E-state index contributed by atoms with van der Waals surface area (Å²) in [6.45, 7) is 1.72. The van der Waals surface area contributed by atoms with E-state index in [2.05, 4.69) is 0 Å². The summed E-state index contributed by atoms with van der Waals surface area (Å²) in [5.74, 6) is -1.25. The van der Waals surface area contributed by atoms with E-state index < -0.39 is 12.1 Å². The van der Waals surface area contributed by atoms with Crippen LogP contribution in [0.4, 0.5) is 0 Å². The van der Waals surface area contributed by atoms with Crippen molar-refractivity contribution in [2.24, 2.45) is 0 Å². The first-order valence-electron chi connectivity index (χ1n) is 5.18. The van der Waals surface area contributed by atoms with Crippen LogP contribution in [0.5, 0.6) is 0 Å². The maximum atomic E-state index is 10.5. The van der Waals surface area contributed by atoms with Gasteiger partial charge in [0.25, 0.3) is 0 Å². The van der Waals surface area contributed by atoms with Crippen LogP contribution in [0.2, 0.25) is 0 Å². The Hall–Kier alpha value is -1.39. The molecule has 1 aromatic carbocycles. The molecule has 0 radical (unpaired) electrons. The second kappa shape index (κ2) is 5.63. The molecule has 0 amide bonds. The highest BCUT2D eigenvalue weighted by Crippen LogP contribution is 2.15. The SMILES string of the molecule is CC(O)CCc1ccc(C(O)C(=O)O)cc1. The van der Waals surface area contributed by atoms with Gasteiger partial charge in [-0.25, -0.2) is 4.79 Å². The fourth-order valence-corrected chi connectivity index (χ4v) is 1.38. The highest BCUT2D eigenvalue weighted by molar-refractivity contribution is 5.73. The first kappa shape index (κ1) is 12.7. The highest BCUT2D eigenvalue weighted by Gasteiger charge is 2.15. The van der Waals surface area contributed by atoms with Crippen LogP contribution < -0.4 is 0 Å². The van der Waals surface area contributed by atoms with Gasteiger partial charge in [-0.05, 0) is 30.9 Å². The normalized spacial score (nSPS) is 14.4. The van der Waals surface area contributed by atoms with Crippen LogP contribution in [0.25, 0.3) is 0 Å². The van der Waals surface area contributed by atoms with Gasteiger partial charge in [0.15, 0.2) is 6.10 Å². The first-order valence-corrected chi connectivity index (χ1v) is 5.18. The van der Waals surface area contributed by atoms with Gasteiger partial charge in [-0.3, -0.25) is 0 Å². The Balaban J connectivity index is 2.64. The largest absolute Gasteiger partial charge is 0.479 e. The van der Waals surface area contributed by atoms with E-state index in [0.29, 0.717) is 12.0 Å². The number of aliphatic carboxylic acids is 1. The van der Waals surface area contributed by atoms with Crippen molar-refractivity contribution in [3.8, 4) is 0 Å². The molecule has 0 spiro atoms. The molecule has 3 N–H and O–H groups in total. The number of aliphatic hydroxyl groups is 2. The van der Waals surface area contributed by atoms with Gasteiger partial charge in [0, 0.05) is 0 Å². The fraction of sp³-hybridized carbons (Fsp3) is 0.417. The zero-order valence-corrected chi connectivity index (χ0v) is 9.13. The predicted octanol–water partition coefficient (Wildman–Crippen LogP) is 1.12. The van der Waals surface area contributed by atoms with E-state index in [-0.39, 0.29) is 6.10 Å². The molecular weight excluding hydrogens is 208 g/mol. The van der Waals surface area contributed by atoms with E-state index in [0.717, 1.165) is 12.0 Å². The Morgan fingerprint density at radius 2 is 1.81 bits per heavy atom. The molecule has 2 atom stereocenters. The van der Waals surface area contributed by atoms with Crippen molar-refractivity contribution in [3.05, 3.63) is 35.4 Å². The molecule has 0 saturated heterocycles. The lowest BCUT2D eigenvalue weighted by molar-refractivity contribution is -0.146. The van der Waals surface area contributed by atoms with Crippen LogP contribution in [0.15, 0.2) is 24.3 Å². The van der Waals surface area contributed by atoms with Crippen LogP contribution in [-0.2, 0) is 11.2 Å². The molecular formula is C12H16O4. The van der Waals surface area contributed by atoms with Crippen molar-refractivity contribution in [2.45, 2.75) is 32.0 Å². The Morgan fingerprint density at radius 1 is 1.25 bits per heavy atom. The molecule has 0 aromatic heterocycles. The number of carbonyl (C=O) groups is 1. The number of hydrogen-bond donors (Lipinski definition) is 3. The van der Waals surface area contributed by atoms with Gasteiger partial charge >= 0.3 is 5.97 Å². The van der Waals surface area contributed by atoms with Crippen molar-refractivity contribution in [1.29, 1.82) is 0 Å². The van der Waals surface area contributed by atoms with Crippen molar-refractivity contribution in [1.82, 2.24) is 0 Å². The van der Waals surface area contributed by atoms with Crippen molar-refractivity contribution < 1.29 is 20.1 Å². The lowest BCUT2D eigenvalue weighted by Crippen LogP contribution is -2.10. The molecule has 1 aromatic rings. The van der Waals surface area contributed by atoms with Crippen LogP contribution in [0, 0.1) is 0 Å². The van der Waals surface area contributed by atoms with E-state index in [4.69, 9.17) is 10.2 Å². The van der Waals surface area contributed by atoms with E-state index in [1.165, 1.54) is 0 Å². The van der Waals surface area contributed by atoms with Crippen LogP contribution in [0.3, 0.4) is 0 Å². The number of rotatable bonds is 5. The van der Waals surface area contributed by atoms with Crippen molar-refractivity contribution in [3.63, 3.8) is 0 Å². The number of carboxylic acid groups (broad SMARTS) is 1. The Kier molecular flexibility index (Phi) is 4.46. The summed E-state index contributed by atoms with van der Waals surface area (Å²) in [7, 11) is 0. The molecule has 88 valence electrons. The smallest absolute Gasteiger partial charge is 0.337 e. The average Bonchev–Trinajstić information content (AvgIpc) is 2.26. The lowest BCUT2D eigenvalue weighted by Gasteiger charge is -2.08. The molecule has 4 nitrogen and oxygen atoms in total. The van der Waals surface area contributed by atoms with Gasteiger partial charge in [-0.1, -0.05) is 24.3 Å². The maximum Gasteiger partial charge on any atom is 0.337 e. The third kappa shape index (κ3) is 3.64. The zero-order valence-electron chi connectivity index (χ0n) is 9.13. The summed E-state index contributed by atoms with van der Waals surface area (Å²) >= 11 is 0. The van der Waals surface area contributed by atoms with Crippen molar-refractivity contribution in [2.75, 3.05) is 0 Å². The van der Waals surface area contributed by atoms with E-state index in [1.807, 2.05) is 0 Å². The second-order valence-corrected chi connectivity index (χ2v) is 3.87. The summed E-state index contributed by atoms with van der Waals surface area (Å²) in [6.07, 6.45) is -0.405. The molecule has 0 aliphatic rings. The van der Waals surface area contributed by atoms with Gasteiger partial charge in [-0.15, -0.1) is 0 Å². The minimum atomic E-state index is -1.47. The Bertz CT molecular complexity index is 343. The van der Waals surface area contributed by atoms with Crippen LogP contribution >= 0.6 is 0 Å². The number of benzene rings is 1. The van der Waals surface area contributed by atoms with Gasteiger partial charge < -0.3 is 15.3 Å². The molecule has 4 heteroatoms. The number of aryl methyl sites for hydroxylation is 1. The Labute approximate surface area is 94.2 Å². The van der Waals surface area contributed by atoms with Gasteiger partial charge in [-0.2, -0.15) is 0 Å². The van der Waals surface area contributed by atoms with Gasteiger partial charge in [0.05, 0.1) is 6.10 Å². The molecule has 0 fully saturated rings. The quantitative estimate of drug-likeness (QED) is 0.700. The number of aliphatic hydroxyl groups excluding tert-OH is 2. The Morgan fingerprint density at radius 3 is 2.25 bits per heavy atom. The molecule has 1 rings (SSSR count). The van der Waals surface area contributed by atoms with E-state index in [1.54, 1.807) is 31.2 Å². The van der Waals surface area contributed by atoms with Gasteiger partial charge in [0.1, 0.15) is 0 Å². The highest BCUT2D eigenvalue weighted by atomic mass is 16.4. The topological polar surface area (TPSA) is 77.8 Å². The number of hydrogen-bond acceptors (Lipinski definition) is 3. The summed E-state index contributed by atoms with van der Waals surface area (Å²) in [5, 5.41) is 27.0. The fourth-order valence-electron chi connectivity index (χ4n) is 1.38. The van der Waals surface area contributed by atoms with E-state index in [9.17, 15) is 9.90 Å². The van der Waals surface area contributed by atoms with E-state index >= 15 is 0 Å². The summed E-state index contributed by atoms with van der Waals surface area (Å²) < 4.78 is 0. The molecule has 0 heterocycles. The number of carboxylic acids is 1. The summed E-state index contributed by atoms with van der Waals surface area (Å²) in [6, 6.07) is 6.72. The molecule has 0 bridgehead atoms. The molecule has 0 aliphatic heterocycles. The second-order valence-electron chi connectivity index (χ2n) is 3.87. The molecule has 16 heavy (non-hydrogen) atoms. The summed E-state index contributed by atoms with van der Waals surface area (Å²) in [4.78, 5) is 10.5. The minimum Gasteiger partial charge on any atom is -0.479 e. The van der Waals surface area contributed by atoms with Crippen LogP contribution in [0.1, 0.15) is 30.6 Å². The summed E-state index contributed by atoms with van der Waals surface area (Å²) in [5.41, 5.74) is 1.38. The van der Waals surface area contributed by atoms with Crippen LogP contribution in [-0.4, -0.2) is 27.4 Å². The molecule has 2 unspecified atom stereocenters. The first-order chi connectivity index (χ1) is 7.50. The van der Waals surface area contributed by atoms with Gasteiger partial charge in [0.2, 0.25) is 0 Å². The maximum absolute atomic E-state index is 10.5. The monoisotopic (exact) mass is 224 g/mol. The minimum absolute atomic E-state index is 0.343. The average molecular weight is 224 g/mol. The third-order valence-corrected chi connectivity index (χ3v) is 2.38. The molecule has 0 saturated carbocycles.